The van der Waals surface area contributed by atoms with Gasteiger partial charge in [-0.15, -0.1) is 0 Å². The molecule has 3 aromatic rings. The van der Waals surface area contributed by atoms with Gasteiger partial charge in [0.2, 0.25) is 0 Å². The zero-order chi connectivity index (χ0) is 23.3. The van der Waals surface area contributed by atoms with Gasteiger partial charge in [-0.2, -0.15) is 0 Å². The van der Waals surface area contributed by atoms with Crippen LogP contribution in [-0.2, 0) is 16.0 Å². The summed E-state index contributed by atoms with van der Waals surface area (Å²) in [4.78, 5) is 27.5. The number of anilines is 1. The van der Waals surface area contributed by atoms with E-state index < -0.39 is 23.5 Å². The Labute approximate surface area is 198 Å². The van der Waals surface area contributed by atoms with Crippen molar-refractivity contribution in [2.75, 3.05) is 11.5 Å². The van der Waals surface area contributed by atoms with E-state index in [1.807, 2.05) is 0 Å². The van der Waals surface area contributed by atoms with Crippen LogP contribution in [0.15, 0.2) is 66.2 Å². The van der Waals surface area contributed by atoms with Crippen LogP contribution in [-0.4, -0.2) is 23.4 Å². The van der Waals surface area contributed by atoms with Gasteiger partial charge in [-0.25, -0.2) is 4.39 Å². The van der Waals surface area contributed by atoms with Gasteiger partial charge < -0.3 is 9.84 Å². The topological polar surface area (TPSA) is 66.8 Å². The molecule has 166 valence electrons. The minimum Gasteiger partial charge on any atom is -0.507 e. The molecule has 2 heterocycles. The lowest BCUT2D eigenvalue weighted by molar-refractivity contribution is -0.132. The molecule has 0 spiro atoms. The lowest BCUT2D eigenvalue weighted by atomic mass is 9.94. The van der Waals surface area contributed by atoms with Crippen LogP contribution >= 0.6 is 23.2 Å². The van der Waals surface area contributed by atoms with E-state index in [1.165, 1.54) is 29.2 Å². The van der Waals surface area contributed by atoms with Gasteiger partial charge in [0.15, 0.2) is 0 Å². The van der Waals surface area contributed by atoms with E-state index in [1.54, 1.807) is 36.4 Å². The van der Waals surface area contributed by atoms with E-state index in [2.05, 4.69) is 0 Å². The van der Waals surface area contributed by atoms with Crippen molar-refractivity contribution in [3.63, 3.8) is 0 Å². The lowest BCUT2D eigenvalue weighted by Crippen LogP contribution is -2.29. The summed E-state index contributed by atoms with van der Waals surface area (Å²) in [6.07, 6.45) is 0.677. The van der Waals surface area contributed by atoms with Crippen molar-refractivity contribution in [3.05, 3.63) is 98.8 Å². The van der Waals surface area contributed by atoms with Crippen LogP contribution < -0.4 is 9.64 Å². The highest BCUT2D eigenvalue weighted by Gasteiger charge is 2.47. The summed E-state index contributed by atoms with van der Waals surface area (Å²) in [6, 6.07) is 14.0. The predicted molar refractivity (Wildman–Crippen MR) is 123 cm³/mol. The molecule has 2 aliphatic heterocycles. The van der Waals surface area contributed by atoms with Crippen LogP contribution in [0.25, 0.3) is 5.76 Å². The van der Waals surface area contributed by atoms with Gasteiger partial charge in [0.05, 0.1) is 28.3 Å². The number of carbonyl (C=O) groups is 2. The van der Waals surface area contributed by atoms with Crippen LogP contribution in [0.1, 0.15) is 22.7 Å². The van der Waals surface area contributed by atoms with E-state index in [-0.39, 0.29) is 16.4 Å². The highest BCUT2D eigenvalue weighted by atomic mass is 35.5. The Kier molecular flexibility index (Phi) is 5.35. The maximum atomic E-state index is 13.5. The molecule has 8 heteroatoms. The first-order chi connectivity index (χ1) is 15.8. The Morgan fingerprint density at radius 1 is 1.00 bits per heavy atom. The second kappa shape index (κ2) is 8.21. The van der Waals surface area contributed by atoms with E-state index in [4.69, 9.17) is 27.9 Å². The number of ether oxygens (including phenoxy) is 1. The van der Waals surface area contributed by atoms with Crippen LogP contribution in [0, 0.1) is 5.82 Å². The number of ketones is 1. The molecule has 1 unspecified atom stereocenters. The highest BCUT2D eigenvalue weighted by molar-refractivity contribution is 6.51. The molecule has 0 saturated carbocycles. The Hall–Kier alpha value is -3.35. The minimum atomic E-state index is -0.991. The summed E-state index contributed by atoms with van der Waals surface area (Å²) in [6.45, 7) is 0.539. The maximum absolute atomic E-state index is 13.5. The van der Waals surface area contributed by atoms with Crippen molar-refractivity contribution in [2.45, 2.75) is 12.5 Å². The molecule has 0 aliphatic carbocycles. The van der Waals surface area contributed by atoms with Crippen molar-refractivity contribution in [1.82, 2.24) is 0 Å². The molecule has 0 radical (unpaired) electrons. The van der Waals surface area contributed by atoms with Crippen LogP contribution in [0.5, 0.6) is 5.75 Å². The fourth-order valence-corrected chi connectivity index (χ4v) is 4.49. The molecule has 1 fully saturated rings. The number of aliphatic hydroxyl groups is 1. The van der Waals surface area contributed by atoms with Crippen LogP contribution in [0.2, 0.25) is 10.0 Å². The predicted octanol–water partition coefficient (Wildman–Crippen LogP) is 5.69. The first kappa shape index (κ1) is 21.5. The van der Waals surface area contributed by atoms with E-state index in [0.29, 0.717) is 34.9 Å². The lowest BCUT2D eigenvalue weighted by Gasteiger charge is -2.25. The third-order valence-electron chi connectivity index (χ3n) is 5.77. The maximum Gasteiger partial charge on any atom is 0.300 e. The van der Waals surface area contributed by atoms with Gasteiger partial charge in [0, 0.05) is 17.7 Å². The molecular formula is C25H16Cl2FNO4. The minimum absolute atomic E-state index is 0.0958. The third kappa shape index (κ3) is 3.65. The fourth-order valence-electron chi connectivity index (χ4n) is 4.19. The average molecular weight is 484 g/mol. The molecule has 3 aromatic carbocycles. The summed E-state index contributed by atoms with van der Waals surface area (Å²) >= 11 is 12.3. The Morgan fingerprint density at radius 2 is 1.76 bits per heavy atom. The van der Waals surface area contributed by atoms with Crippen LogP contribution in [0.3, 0.4) is 0 Å². The van der Waals surface area contributed by atoms with Crippen molar-refractivity contribution in [2.24, 2.45) is 0 Å². The molecule has 33 heavy (non-hydrogen) atoms. The van der Waals surface area contributed by atoms with Crippen LogP contribution in [0.4, 0.5) is 10.1 Å². The van der Waals surface area contributed by atoms with Crippen molar-refractivity contribution in [1.29, 1.82) is 0 Å². The first-order valence-corrected chi connectivity index (χ1v) is 10.9. The van der Waals surface area contributed by atoms with E-state index in [9.17, 15) is 19.1 Å². The fraction of sp³-hybridized carbons (Fsp3) is 0.120. The number of fused-ring (bicyclic) bond motifs is 1. The van der Waals surface area contributed by atoms with Gasteiger partial charge in [0.25, 0.3) is 11.7 Å². The Balaban J connectivity index is 1.71. The standard InChI is InChI=1S/C25H16Cl2FNO4/c26-18-7-1-14(12-19(18)27)22-21(23(30)15-2-8-20-13(11-15)9-10-33-20)24(31)25(32)29(22)17-5-3-16(28)4-6-17/h1-8,11-12,22,30H,9-10H2/b23-21-. The summed E-state index contributed by atoms with van der Waals surface area (Å²) < 4.78 is 19.0. The number of nitrogens with zero attached hydrogens (tertiary/aromatic N) is 1. The van der Waals surface area contributed by atoms with Crippen molar-refractivity contribution in [3.8, 4) is 5.75 Å². The molecule has 1 amide bonds. The van der Waals surface area contributed by atoms with Gasteiger partial charge >= 0.3 is 0 Å². The van der Waals surface area contributed by atoms with Crippen molar-refractivity contribution < 1.29 is 23.8 Å². The second-order valence-electron chi connectivity index (χ2n) is 7.74. The number of rotatable bonds is 3. The Morgan fingerprint density at radius 3 is 2.48 bits per heavy atom. The smallest absolute Gasteiger partial charge is 0.300 e. The third-order valence-corrected chi connectivity index (χ3v) is 6.51. The molecule has 5 nitrogen and oxygen atoms in total. The van der Waals surface area contributed by atoms with E-state index in [0.717, 1.165) is 11.3 Å². The summed E-state index contributed by atoms with van der Waals surface area (Å²) in [5.74, 6) is -1.78. The largest absolute Gasteiger partial charge is 0.507 e. The number of Topliss-reactive ketones (excluding diaryl/α,β-unsaturated/α-hetero) is 1. The summed E-state index contributed by atoms with van der Waals surface area (Å²) in [5, 5.41) is 11.8. The number of hydrogen-bond donors (Lipinski definition) is 1. The van der Waals surface area contributed by atoms with Gasteiger partial charge in [-0.3, -0.25) is 14.5 Å². The monoisotopic (exact) mass is 483 g/mol. The number of amides is 1. The summed E-state index contributed by atoms with van der Waals surface area (Å²) in [7, 11) is 0. The van der Waals surface area contributed by atoms with Gasteiger partial charge in [-0.05, 0) is 65.7 Å². The second-order valence-corrected chi connectivity index (χ2v) is 8.55. The molecule has 2 aliphatic rings. The molecule has 0 bridgehead atoms. The molecule has 1 saturated heterocycles. The van der Waals surface area contributed by atoms with Crippen molar-refractivity contribution >= 4 is 46.3 Å². The zero-order valence-electron chi connectivity index (χ0n) is 17.0. The van der Waals surface area contributed by atoms with Gasteiger partial charge in [0.1, 0.15) is 17.3 Å². The van der Waals surface area contributed by atoms with E-state index >= 15 is 0 Å². The number of carbonyl (C=O) groups excluding carboxylic acids is 2. The first-order valence-electron chi connectivity index (χ1n) is 10.1. The number of benzene rings is 3. The highest BCUT2D eigenvalue weighted by Crippen LogP contribution is 2.43. The quantitative estimate of drug-likeness (QED) is 0.295. The SMILES string of the molecule is O=C1C(=O)N(c2ccc(F)cc2)C(c2ccc(Cl)c(Cl)c2)/C1=C(/O)c1ccc2c(c1)CCO2. The Bertz CT molecular complexity index is 1340. The molecular weight excluding hydrogens is 468 g/mol. The molecule has 0 aromatic heterocycles. The number of hydrogen-bond acceptors (Lipinski definition) is 4. The molecule has 5 rings (SSSR count). The number of aliphatic hydroxyl groups excluding tert-OH is 1. The average Bonchev–Trinajstić information content (AvgIpc) is 3.38. The molecule has 1 N–H and O–H groups in total. The normalized spacial score (nSPS) is 19.0. The summed E-state index contributed by atoms with van der Waals surface area (Å²) in [5.41, 5.74) is 1.97. The molecule has 1 atom stereocenters. The van der Waals surface area contributed by atoms with Gasteiger partial charge in [-0.1, -0.05) is 29.3 Å². The number of halogens is 3. The zero-order valence-corrected chi connectivity index (χ0v) is 18.5.